The number of carbonyl (C=O) groups excluding carboxylic acids is 1. The maximum Gasteiger partial charge on any atom is 0.156 e. The van der Waals surface area contributed by atoms with E-state index in [-0.39, 0.29) is 0 Å². The first kappa shape index (κ1) is 8.72. The van der Waals surface area contributed by atoms with Gasteiger partial charge in [0.05, 0.1) is 0 Å². The second kappa shape index (κ2) is 3.23. The van der Waals surface area contributed by atoms with E-state index in [1.807, 2.05) is 12.1 Å². The molecule has 0 saturated carbocycles. The van der Waals surface area contributed by atoms with Crippen LogP contribution < -0.4 is 4.90 Å². The van der Waals surface area contributed by atoms with Crippen molar-refractivity contribution in [3.63, 3.8) is 0 Å². The molecule has 0 bridgehead atoms. The molecule has 1 aliphatic heterocycles. The fraction of sp³-hybridized carbons (Fsp3) is 0.308. The fourth-order valence-electron chi connectivity index (χ4n) is 2.50. The normalized spacial score (nSPS) is 24.3. The Kier molecular flexibility index (Phi) is 1.88. The maximum atomic E-state index is 11.2. The molecule has 1 saturated heterocycles. The molecule has 0 aromatic heterocycles. The lowest BCUT2D eigenvalue weighted by Crippen LogP contribution is -2.20. The van der Waals surface area contributed by atoms with Crippen LogP contribution in [0.5, 0.6) is 0 Å². The summed E-state index contributed by atoms with van der Waals surface area (Å²) in [6.07, 6.45) is 2.56. The summed E-state index contributed by atoms with van der Waals surface area (Å²) in [6, 6.07) is 10.4. The molecule has 2 heteroatoms. The number of benzene rings is 1. The molecule has 2 aliphatic rings. The molecular formula is C13H13NO. The molecule has 1 aliphatic carbocycles. The molecule has 0 amide bonds. The van der Waals surface area contributed by atoms with Crippen molar-refractivity contribution in [1.82, 2.24) is 0 Å². The number of anilines is 1. The van der Waals surface area contributed by atoms with Crippen molar-refractivity contribution in [3.8, 4) is 0 Å². The minimum Gasteiger partial charge on any atom is -0.367 e. The van der Waals surface area contributed by atoms with Gasteiger partial charge in [-0.3, -0.25) is 4.79 Å². The van der Waals surface area contributed by atoms with Crippen LogP contribution in [0.25, 0.3) is 0 Å². The van der Waals surface area contributed by atoms with Gasteiger partial charge in [0.2, 0.25) is 0 Å². The molecule has 76 valence electrons. The first-order valence-corrected chi connectivity index (χ1v) is 5.36. The van der Waals surface area contributed by atoms with Crippen LogP contribution in [0.1, 0.15) is 6.42 Å². The highest BCUT2D eigenvalue weighted by Gasteiger charge is 2.33. The van der Waals surface area contributed by atoms with Gasteiger partial charge in [-0.1, -0.05) is 18.2 Å². The van der Waals surface area contributed by atoms with E-state index in [9.17, 15) is 4.79 Å². The summed E-state index contributed by atoms with van der Waals surface area (Å²) in [5.74, 6) is 0.792. The molecule has 1 heterocycles. The van der Waals surface area contributed by atoms with Gasteiger partial charge >= 0.3 is 0 Å². The molecule has 3 rings (SSSR count). The lowest BCUT2D eigenvalue weighted by atomic mass is 10.1. The predicted molar refractivity (Wildman–Crippen MR) is 59.9 cm³/mol. The summed E-state index contributed by atoms with van der Waals surface area (Å²) in [6.45, 7) is 1.93. The molecule has 2 nitrogen and oxygen atoms in total. The molecule has 0 spiro atoms. The Morgan fingerprint density at radius 1 is 1.20 bits per heavy atom. The number of carbonyl (C=O) groups is 1. The topological polar surface area (TPSA) is 20.3 Å². The number of para-hydroxylation sites is 1. The highest BCUT2D eigenvalue weighted by molar-refractivity contribution is 5.94. The SMILES string of the molecule is O=C1C=C2CN(c3ccccc3)CC2C1. The molecule has 1 atom stereocenters. The lowest BCUT2D eigenvalue weighted by Gasteiger charge is -2.17. The van der Waals surface area contributed by atoms with E-state index in [4.69, 9.17) is 0 Å². The van der Waals surface area contributed by atoms with Crippen LogP contribution in [0.2, 0.25) is 0 Å². The molecule has 1 aromatic rings. The van der Waals surface area contributed by atoms with Crippen molar-refractivity contribution < 1.29 is 4.79 Å². The molecule has 1 fully saturated rings. The number of rotatable bonds is 1. The highest BCUT2D eigenvalue weighted by atomic mass is 16.1. The van der Waals surface area contributed by atoms with Gasteiger partial charge in [0.1, 0.15) is 0 Å². The van der Waals surface area contributed by atoms with Crippen molar-refractivity contribution in [3.05, 3.63) is 42.0 Å². The summed E-state index contributed by atoms with van der Waals surface area (Å²) in [4.78, 5) is 13.6. The van der Waals surface area contributed by atoms with E-state index in [2.05, 4.69) is 29.2 Å². The average Bonchev–Trinajstić information content (AvgIpc) is 2.76. The van der Waals surface area contributed by atoms with Crippen LogP contribution in [-0.2, 0) is 4.79 Å². The Bertz CT molecular complexity index is 421. The second-order valence-corrected chi connectivity index (χ2v) is 4.30. The van der Waals surface area contributed by atoms with Crippen LogP contribution in [0.15, 0.2) is 42.0 Å². The van der Waals surface area contributed by atoms with Gasteiger partial charge < -0.3 is 4.90 Å². The smallest absolute Gasteiger partial charge is 0.156 e. The van der Waals surface area contributed by atoms with Gasteiger partial charge in [0.15, 0.2) is 5.78 Å². The summed E-state index contributed by atoms with van der Waals surface area (Å²) in [5, 5.41) is 0. The zero-order valence-corrected chi connectivity index (χ0v) is 8.52. The summed E-state index contributed by atoms with van der Waals surface area (Å²) in [5.41, 5.74) is 2.59. The first-order chi connectivity index (χ1) is 7.33. The minimum absolute atomic E-state index is 0.308. The zero-order chi connectivity index (χ0) is 10.3. The van der Waals surface area contributed by atoms with Crippen LogP contribution >= 0.6 is 0 Å². The van der Waals surface area contributed by atoms with E-state index >= 15 is 0 Å². The third-order valence-electron chi connectivity index (χ3n) is 3.25. The van der Waals surface area contributed by atoms with Crippen molar-refractivity contribution >= 4 is 11.5 Å². The molecule has 1 unspecified atom stereocenters. The zero-order valence-electron chi connectivity index (χ0n) is 8.52. The summed E-state index contributed by atoms with van der Waals surface area (Å²) < 4.78 is 0. The maximum absolute atomic E-state index is 11.2. The van der Waals surface area contributed by atoms with Crippen LogP contribution in [0.3, 0.4) is 0 Å². The van der Waals surface area contributed by atoms with Crippen molar-refractivity contribution in [2.24, 2.45) is 5.92 Å². The van der Waals surface area contributed by atoms with Gasteiger partial charge in [-0.15, -0.1) is 0 Å². The van der Waals surface area contributed by atoms with Crippen LogP contribution in [0, 0.1) is 5.92 Å². The number of allylic oxidation sites excluding steroid dienone is 1. The Morgan fingerprint density at radius 3 is 2.73 bits per heavy atom. The Balaban J connectivity index is 1.84. The molecule has 15 heavy (non-hydrogen) atoms. The van der Waals surface area contributed by atoms with E-state index in [1.54, 1.807) is 0 Å². The number of hydrogen-bond donors (Lipinski definition) is 0. The molecule has 0 radical (unpaired) electrons. The predicted octanol–water partition coefficient (Wildman–Crippen LogP) is 2.02. The summed E-state index contributed by atoms with van der Waals surface area (Å²) in [7, 11) is 0. The Hall–Kier alpha value is -1.57. The lowest BCUT2D eigenvalue weighted by molar-refractivity contribution is -0.114. The first-order valence-electron chi connectivity index (χ1n) is 5.36. The van der Waals surface area contributed by atoms with Gasteiger partial charge in [0, 0.05) is 31.1 Å². The van der Waals surface area contributed by atoms with Gasteiger partial charge in [0.25, 0.3) is 0 Å². The van der Waals surface area contributed by atoms with E-state index in [0.29, 0.717) is 11.7 Å². The Morgan fingerprint density at radius 2 is 2.00 bits per heavy atom. The van der Waals surface area contributed by atoms with Crippen LogP contribution in [-0.4, -0.2) is 18.9 Å². The third kappa shape index (κ3) is 1.46. The van der Waals surface area contributed by atoms with Gasteiger partial charge in [-0.05, 0) is 23.8 Å². The van der Waals surface area contributed by atoms with E-state index in [1.165, 1.54) is 11.3 Å². The second-order valence-electron chi connectivity index (χ2n) is 4.30. The minimum atomic E-state index is 0.308. The van der Waals surface area contributed by atoms with E-state index in [0.717, 1.165) is 19.5 Å². The third-order valence-corrected chi connectivity index (χ3v) is 3.25. The average molecular weight is 199 g/mol. The van der Waals surface area contributed by atoms with Gasteiger partial charge in [-0.25, -0.2) is 0 Å². The largest absolute Gasteiger partial charge is 0.367 e. The standard InChI is InChI=1S/C13H13NO/c15-13-6-10-8-14(9-11(10)7-13)12-4-2-1-3-5-12/h1-6,11H,7-9H2. The fourth-order valence-corrected chi connectivity index (χ4v) is 2.50. The summed E-state index contributed by atoms with van der Waals surface area (Å²) >= 11 is 0. The number of nitrogens with zero attached hydrogens (tertiary/aromatic N) is 1. The Labute approximate surface area is 89.2 Å². The van der Waals surface area contributed by atoms with Gasteiger partial charge in [-0.2, -0.15) is 0 Å². The van der Waals surface area contributed by atoms with Crippen molar-refractivity contribution in [2.75, 3.05) is 18.0 Å². The molecular weight excluding hydrogens is 186 g/mol. The number of ketones is 1. The molecule has 1 aromatic carbocycles. The highest BCUT2D eigenvalue weighted by Crippen LogP contribution is 2.33. The van der Waals surface area contributed by atoms with Crippen molar-refractivity contribution in [1.29, 1.82) is 0 Å². The van der Waals surface area contributed by atoms with Crippen molar-refractivity contribution in [2.45, 2.75) is 6.42 Å². The monoisotopic (exact) mass is 199 g/mol. The van der Waals surface area contributed by atoms with Crippen LogP contribution in [0.4, 0.5) is 5.69 Å². The van der Waals surface area contributed by atoms with E-state index < -0.39 is 0 Å². The number of hydrogen-bond acceptors (Lipinski definition) is 2. The number of fused-ring (bicyclic) bond motifs is 1. The molecule has 0 N–H and O–H groups in total. The quantitative estimate of drug-likeness (QED) is 0.689.